The predicted molar refractivity (Wildman–Crippen MR) is 146 cm³/mol. The smallest absolute Gasteiger partial charge is 0.246 e. The number of ether oxygens (including phenoxy) is 1. The lowest BCUT2D eigenvalue weighted by Crippen LogP contribution is -2.56. The van der Waals surface area contributed by atoms with E-state index in [2.05, 4.69) is 55.2 Å². The lowest BCUT2D eigenvalue weighted by molar-refractivity contribution is -0.0660. The Hall–Kier alpha value is -3.21. The Balaban J connectivity index is 0.00000176. The lowest BCUT2D eigenvalue weighted by Gasteiger charge is -2.43. The van der Waals surface area contributed by atoms with Crippen LogP contribution in [0.1, 0.15) is 14.8 Å². The summed E-state index contributed by atoms with van der Waals surface area (Å²) >= 11 is 0. The zero-order valence-electron chi connectivity index (χ0n) is 21.2. The summed E-state index contributed by atoms with van der Waals surface area (Å²) in [5.41, 5.74) is 4.69. The fraction of sp³-hybridized carbons (Fsp3) is 0.481. The Labute approximate surface area is 219 Å². The first-order chi connectivity index (χ1) is 18.0. The molecule has 2 aromatic carbocycles. The standard InChI is InChI=1S/C27H34FN7O2.2H2/c1-19-8-22(12-23(9-19)32-4-6-33(7-5-32)26-16-37-17-26)30-27-29-18-35(31-27)25-11-21(28)10-24(13-25)34-3-2-20(14-34)15-36;;/h8-13,18,20,26,36H,2-7,14-17H2,1H3,(H,30,31);2*1H. The summed E-state index contributed by atoms with van der Waals surface area (Å²) < 4.78 is 21.4. The summed E-state index contributed by atoms with van der Waals surface area (Å²) in [6.45, 7) is 9.57. The number of nitrogens with zero attached hydrogens (tertiary/aromatic N) is 6. The van der Waals surface area contributed by atoms with Gasteiger partial charge in [-0.25, -0.2) is 9.07 Å². The number of hydrogen-bond acceptors (Lipinski definition) is 8. The van der Waals surface area contributed by atoms with Gasteiger partial charge in [0, 0.05) is 71.7 Å². The van der Waals surface area contributed by atoms with Crippen LogP contribution in [0.15, 0.2) is 42.7 Å². The van der Waals surface area contributed by atoms with Crippen LogP contribution < -0.4 is 15.1 Å². The number of halogens is 1. The third-order valence-electron chi connectivity index (χ3n) is 7.67. The molecule has 10 heteroatoms. The Bertz CT molecular complexity index is 1250. The zero-order chi connectivity index (χ0) is 25.4. The van der Waals surface area contributed by atoms with Gasteiger partial charge in [0.25, 0.3) is 0 Å². The molecule has 3 aromatic rings. The highest BCUT2D eigenvalue weighted by Crippen LogP contribution is 2.28. The van der Waals surface area contributed by atoms with Gasteiger partial charge < -0.3 is 25.0 Å². The van der Waals surface area contributed by atoms with Crippen molar-refractivity contribution >= 4 is 23.0 Å². The number of hydrogen-bond donors (Lipinski definition) is 2. The van der Waals surface area contributed by atoms with Crippen molar-refractivity contribution in [1.29, 1.82) is 0 Å². The number of rotatable bonds is 7. The van der Waals surface area contributed by atoms with Crippen LogP contribution in [0.5, 0.6) is 0 Å². The number of anilines is 4. The lowest BCUT2D eigenvalue weighted by atomic mass is 10.1. The van der Waals surface area contributed by atoms with E-state index in [1.807, 2.05) is 6.07 Å². The van der Waals surface area contributed by atoms with Gasteiger partial charge in [-0.05, 0) is 55.3 Å². The molecular formula is C27H38FN7O2. The van der Waals surface area contributed by atoms with Gasteiger partial charge in [0.05, 0.1) is 24.9 Å². The van der Waals surface area contributed by atoms with Crippen molar-refractivity contribution in [2.75, 3.05) is 74.2 Å². The minimum atomic E-state index is -0.321. The molecule has 2 N–H and O–H groups in total. The summed E-state index contributed by atoms with van der Waals surface area (Å²) in [6, 6.07) is 11.9. The Morgan fingerprint density at radius 3 is 2.51 bits per heavy atom. The molecule has 4 heterocycles. The Morgan fingerprint density at radius 2 is 1.78 bits per heavy atom. The predicted octanol–water partition coefficient (Wildman–Crippen LogP) is 3.29. The average molecular weight is 512 g/mol. The first kappa shape index (κ1) is 24.1. The van der Waals surface area contributed by atoms with Crippen LogP contribution in [0.25, 0.3) is 5.69 Å². The molecule has 3 aliphatic heterocycles. The molecule has 1 aromatic heterocycles. The van der Waals surface area contributed by atoms with Crippen LogP contribution in [0.3, 0.4) is 0 Å². The molecule has 3 saturated heterocycles. The first-order valence-electron chi connectivity index (χ1n) is 13.1. The van der Waals surface area contributed by atoms with Crippen LogP contribution in [0.4, 0.5) is 27.4 Å². The quantitative estimate of drug-likeness (QED) is 0.500. The Kier molecular flexibility index (Phi) is 6.71. The van der Waals surface area contributed by atoms with Crippen LogP contribution in [-0.4, -0.2) is 89.9 Å². The van der Waals surface area contributed by atoms with Crippen molar-refractivity contribution in [3.63, 3.8) is 0 Å². The number of benzene rings is 2. The van der Waals surface area contributed by atoms with Crippen LogP contribution in [-0.2, 0) is 4.74 Å². The third-order valence-corrected chi connectivity index (χ3v) is 7.67. The fourth-order valence-corrected chi connectivity index (χ4v) is 5.46. The van der Waals surface area contributed by atoms with E-state index >= 15 is 0 Å². The minimum Gasteiger partial charge on any atom is -0.396 e. The van der Waals surface area contributed by atoms with Crippen LogP contribution >= 0.6 is 0 Å². The molecule has 0 aliphatic carbocycles. The third kappa shape index (κ3) is 5.27. The molecular weight excluding hydrogens is 473 g/mol. The van der Waals surface area contributed by atoms with Crippen molar-refractivity contribution < 1.29 is 17.1 Å². The van der Waals surface area contributed by atoms with E-state index in [4.69, 9.17) is 4.74 Å². The monoisotopic (exact) mass is 511 g/mol. The number of aromatic nitrogens is 3. The van der Waals surface area contributed by atoms with Gasteiger partial charge in [0.2, 0.25) is 5.95 Å². The van der Waals surface area contributed by atoms with Gasteiger partial charge in [0.1, 0.15) is 12.1 Å². The summed E-state index contributed by atoms with van der Waals surface area (Å²) in [5, 5.41) is 17.4. The highest BCUT2D eigenvalue weighted by atomic mass is 19.1. The molecule has 9 nitrogen and oxygen atoms in total. The number of piperazine rings is 1. The van der Waals surface area contributed by atoms with E-state index < -0.39 is 0 Å². The van der Waals surface area contributed by atoms with Gasteiger partial charge in [-0.15, -0.1) is 5.10 Å². The van der Waals surface area contributed by atoms with Crippen molar-refractivity contribution in [1.82, 2.24) is 19.7 Å². The number of aryl methyl sites for hydroxylation is 1. The maximum absolute atomic E-state index is 14.5. The van der Waals surface area contributed by atoms with Crippen LogP contribution in [0.2, 0.25) is 0 Å². The molecule has 3 fully saturated rings. The normalized spacial score (nSPS) is 20.9. The SMILES string of the molecule is Cc1cc(Nc2ncn(-c3cc(F)cc(N4CCC(CO)C4)c3)n2)cc(N2CCN(C3COC3)CC2)c1.[HH].[HH]. The van der Waals surface area contributed by atoms with Gasteiger partial charge in [-0.2, -0.15) is 4.98 Å². The van der Waals surface area contributed by atoms with E-state index in [-0.39, 0.29) is 21.2 Å². The average Bonchev–Trinajstić information content (AvgIpc) is 3.53. The highest BCUT2D eigenvalue weighted by Gasteiger charge is 2.29. The first-order valence-corrected chi connectivity index (χ1v) is 13.1. The summed E-state index contributed by atoms with van der Waals surface area (Å²) in [5.74, 6) is 0.367. The Morgan fingerprint density at radius 1 is 1.00 bits per heavy atom. The topological polar surface area (TPSA) is 81.9 Å². The van der Waals surface area contributed by atoms with Crippen molar-refractivity contribution in [3.05, 3.63) is 54.1 Å². The number of aliphatic hydroxyl groups excluding tert-OH is 1. The van der Waals surface area contributed by atoms with Gasteiger partial charge in [-0.1, -0.05) is 0 Å². The fourth-order valence-electron chi connectivity index (χ4n) is 5.46. The van der Waals surface area contributed by atoms with Crippen molar-refractivity contribution in [2.24, 2.45) is 5.92 Å². The summed E-state index contributed by atoms with van der Waals surface area (Å²) in [6.07, 6.45) is 2.50. The van der Waals surface area contributed by atoms with Crippen LogP contribution in [0, 0.1) is 18.7 Å². The largest absolute Gasteiger partial charge is 0.396 e. The van der Waals surface area contributed by atoms with E-state index in [1.54, 1.807) is 11.0 Å². The van der Waals surface area contributed by atoms with Crippen molar-refractivity contribution in [2.45, 2.75) is 19.4 Å². The van der Waals surface area contributed by atoms with Gasteiger partial charge in [-0.3, -0.25) is 4.90 Å². The molecule has 6 rings (SSSR count). The second-order valence-electron chi connectivity index (χ2n) is 10.4. The molecule has 0 bridgehead atoms. The van der Waals surface area contributed by atoms with Crippen molar-refractivity contribution in [3.8, 4) is 5.69 Å². The zero-order valence-corrected chi connectivity index (χ0v) is 21.2. The van der Waals surface area contributed by atoms with Gasteiger partial charge >= 0.3 is 0 Å². The molecule has 0 amide bonds. The molecule has 0 saturated carbocycles. The molecule has 0 radical (unpaired) electrons. The second kappa shape index (κ2) is 10.3. The number of nitrogens with one attached hydrogen (secondary N) is 1. The summed E-state index contributed by atoms with van der Waals surface area (Å²) in [7, 11) is 0. The van der Waals surface area contributed by atoms with E-state index in [0.717, 1.165) is 75.8 Å². The summed E-state index contributed by atoms with van der Waals surface area (Å²) in [4.78, 5) is 11.5. The molecule has 3 aliphatic rings. The molecule has 1 unspecified atom stereocenters. The second-order valence-corrected chi connectivity index (χ2v) is 10.4. The maximum atomic E-state index is 14.5. The molecule has 37 heavy (non-hydrogen) atoms. The molecule has 200 valence electrons. The minimum absolute atomic E-state index is 0. The van der Waals surface area contributed by atoms with E-state index in [0.29, 0.717) is 17.7 Å². The maximum Gasteiger partial charge on any atom is 0.246 e. The number of aliphatic hydroxyl groups is 1. The highest BCUT2D eigenvalue weighted by molar-refractivity contribution is 5.64. The molecule has 1 atom stereocenters. The van der Waals surface area contributed by atoms with E-state index in [1.165, 1.54) is 17.8 Å². The van der Waals surface area contributed by atoms with Gasteiger partial charge in [0.15, 0.2) is 0 Å². The molecule has 0 spiro atoms. The van der Waals surface area contributed by atoms with E-state index in [9.17, 15) is 9.50 Å².